The number of aryl methyl sites for hydroxylation is 1. The van der Waals surface area contributed by atoms with E-state index in [0.717, 1.165) is 32.8 Å². The molecular formula is C15H12BrN3. The number of pyridine rings is 2. The zero-order valence-electron chi connectivity index (χ0n) is 10.5. The molecule has 0 bridgehead atoms. The fraction of sp³-hybridized carbons (Fsp3) is 0.133. The van der Waals surface area contributed by atoms with Crippen LogP contribution >= 0.6 is 15.9 Å². The highest BCUT2D eigenvalue weighted by Gasteiger charge is 2.17. The topological polar surface area (TPSA) is 38.1 Å². The van der Waals surface area contributed by atoms with Crippen molar-refractivity contribution in [2.45, 2.75) is 6.92 Å². The van der Waals surface area contributed by atoms with Crippen LogP contribution in [0.2, 0.25) is 0 Å². The van der Waals surface area contributed by atoms with Gasteiger partial charge in [-0.2, -0.15) is 0 Å². The van der Waals surface area contributed by atoms with Crippen molar-refractivity contribution in [3.8, 4) is 0 Å². The van der Waals surface area contributed by atoms with Crippen LogP contribution in [0, 0.1) is 6.92 Å². The smallest absolute Gasteiger partial charge is 0.106 e. The summed E-state index contributed by atoms with van der Waals surface area (Å²) in [4.78, 5) is 13.3. The molecule has 0 saturated carbocycles. The summed E-state index contributed by atoms with van der Waals surface area (Å²) in [5.74, 6) is 0. The Bertz CT molecular complexity index is 630. The Kier molecular flexibility index (Phi) is 3.25. The average Bonchev–Trinajstić information content (AvgIpc) is 2.88. The zero-order valence-corrected chi connectivity index (χ0v) is 12.1. The van der Waals surface area contributed by atoms with Crippen molar-refractivity contribution < 1.29 is 0 Å². The number of hydrogen-bond acceptors (Lipinski definition) is 3. The van der Waals surface area contributed by atoms with Crippen LogP contribution in [-0.2, 0) is 0 Å². The van der Waals surface area contributed by atoms with Gasteiger partial charge in [-0.25, -0.2) is 4.98 Å². The number of nitrogens with zero attached hydrogens (tertiary/aromatic N) is 3. The minimum Gasteiger partial charge on any atom is -0.278 e. The van der Waals surface area contributed by atoms with Crippen LogP contribution in [0.4, 0.5) is 0 Å². The molecule has 0 N–H and O–H groups in total. The van der Waals surface area contributed by atoms with Gasteiger partial charge in [-0.15, -0.1) is 0 Å². The largest absolute Gasteiger partial charge is 0.278 e. The molecule has 3 rings (SSSR count). The van der Waals surface area contributed by atoms with E-state index >= 15 is 0 Å². The first kappa shape index (κ1) is 12.2. The Morgan fingerprint density at radius 2 is 2.11 bits per heavy atom. The first-order valence-electron chi connectivity index (χ1n) is 6.05. The summed E-state index contributed by atoms with van der Waals surface area (Å²) in [5, 5.41) is 0. The van der Waals surface area contributed by atoms with Crippen LogP contribution in [0.25, 0.3) is 5.57 Å². The van der Waals surface area contributed by atoms with Crippen LogP contribution in [-0.4, -0.2) is 22.2 Å². The van der Waals surface area contributed by atoms with Crippen LogP contribution in [0.3, 0.4) is 0 Å². The SMILES string of the molecule is Cc1cccc(C2=NCC=C2c2ccnc(Br)c2)n1. The van der Waals surface area contributed by atoms with Gasteiger partial charge in [-0.3, -0.25) is 9.98 Å². The van der Waals surface area contributed by atoms with Crippen molar-refractivity contribution in [1.82, 2.24) is 9.97 Å². The molecule has 94 valence electrons. The minimum absolute atomic E-state index is 0.709. The third-order valence-electron chi connectivity index (χ3n) is 2.97. The summed E-state index contributed by atoms with van der Waals surface area (Å²) in [6.45, 7) is 2.70. The van der Waals surface area contributed by atoms with Crippen LogP contribution in [0.1, 0.15) is 17.0 Å². The van der Waals surface area contributed by atoms with E-state index in [-0.39, 0.29) is 0 Å². The highest BCUT2D eigenvalue weighted by atomic mass is 79.9. The van der Waals surface area contributed by atoms with Crippen LogP contribution in [0.15, 0.2) is 52.2 Å². The average molecular weight is 314 g/mol. The Morgan fingerprint density at radius 1 is 1.21 bits per heavy atom. The van der Waals surface area contributed by atoms with Gasteiger partial charge in [-0.1, -0.05) is 12.1 Å². The summed E-state index contributed by atoms with van der Waals surface area (Å²) < 4.78 is 0.828. The van der Waals surface area contributed by atoms with E-state index in [1.165, 1.54) is 0 Å². The van der Waals surface area contributed by atoms with E-state index in [2.05, 4.69) is 37.0 Å². The number of hydrogen-bond donors (Lipinski definition) is 0. The van der Waals surface area contributed by atoms with Crippen LogP contribution in [0.5, 0.6) is 0 Å². The summed E-state index contributed by atoms with van der Waals surface area (Å²) in [7, 11) is 0. The van der Waals surface area contributed by atoms with E-state index < -0.39 is 0 Å². The van der Waals surface area contributed by atoms with E-state index in [0.29, 0.717) is 6.54 Å². The second-order valence-electron chi connectivity index (χ2n) is 4.34. The van der Waals surface area contributed by atoms with Gasteiger partial charge < -0.3 is 0 Å². The lowest BCUT2D eigenvalue weighted by molar-refractivity contribution is 1.17. The molecule has 0 amide bonds. The van der Waals surface area contributed by atoms with Crippen molar-refractivity contribution in [1.29, 1.82) is 0 Å². The number of aliphatic imine (C=N–C) groups is 1. The maximum atomic E-state index is 4.56. The van der Waals surface area contributed by atoms with Gasteiger partial charge in [0.05, 0.1) is 18.0 Å². The maximum Gasteiger partial charge on any atom is 0.106 e. The summed E-state index contributed by atoms with van der Waals surface area (Å²) in [5.41, 5.74) is 5.13. The van der Waals surface area contributed by atoms with Gasteiger partial charge in [0.25, 0.3) is 0 Å². The second-order valence-corrected chi connectivity index (χ2v) is 5.15. The second kappa shape index (κ2) is 5.05. The Morgan fingerprint density at radius 3 is 2.89 bits per heavy atom. The lowest BCUT2D eigenvalue weighted by Gasteiger charge is -2.08. The quantitative estimate of drug-likeness (QED) is 0.797. The minimum atomic E-state index is 0.709. The zero-order chi connectivity index (χ0) is 13.2. The predicted octanol–water partition coefficient (Wildman–Crippen LogP) is 3.43. The molecule has 2 aromatic heterocycles. The monoisotopic (exact) mass is 313 g/mol. The van der Waals surface area contributed by atoms with E-state index in [1.54, 1.807) is 6.20 Å². The third kappa shape index (κ3) is 2.49. The van der Waals surface area contributed by atoms with Gasteiger partial charge in [0.2, 0.25) is 0 Å². The molecule has 0 atom stereocenters. The highest BCUT2D eigenvalue weighted by molar-refractivity contribution is 9.10. The Balaban J connectivity index is 2.02. The number of halogens is 1. The molecule has 1 aliphatic rings. The number of allylic oxidation sites excluding steroid dienone is 1. The lowest BCUT2D eigenvalue weighted by atomic mass is 10.0. The van der Waals surface area contributed by atoms with Gasteiger partial charge in [-0.05, 0) is 52.7 Å². The number of aromatic nitrogens is 2. The molecule has 0 radical (unpaired) electrons. The maximum absolute atomic E-state index is 4.56. The summed E-state index contributed by atoms with van der Waals surface area (Å²) >= 11 is 3.40. The molecule has 1 aliphatic heterocycles. The summed E-state index contributed by atoms with van der Waals surface area (Å²) in [6, 6.07) is 10.0. The first-order chi connectivity index (χ1) is 9.24. The van der Waals surface area contributed by atoms with Gasteiger partial charge in [0.15, 0.2) is 0 Å². The molecule has 0 aliphatic carbocycles. The molecule has 3 nitrogen and oxygen atoms in total. The predicted molar refractivity (Wildman–Crippen MR) is 80.3 cm³/mol. The molecule has 0 saturated heterocycles. The molecule has 2 aromatic rings. The molecule has 3 heterocycles. The standard InChI is InChI=1S/C15H12BrN3/c1-10-3-2-4-13(19-10)15-12(6-8-18-15)11-5-7-17-14(16)9-11/h2-7,9H,8H2,1H3. The van der Waals surface area contributed by atoms with E-state index in [9.17, 15) is 0 Å². The van der Waals surface area contributed by atoms with Crippen molar-refractivity contribution in [2.24, 2.45) is 4.99 Å². The summed E-state index contributed by atoms with van der Waals surface area (Å²) in [6.07, 6.45) is 3.92. The fourth-order valence-electron chi connectivity index (χ4n) is 2.13. The van der Waals surface area contributed by atoms with Gasteiger partial charge in [0.1, 0.15) is 4.60 Å². The van der Waals surface area contributed by atoms with Crippen molar-refractivity contribution in [3.05, 3.63) is 64.2 Å². The Hall–Kier alpha value is -1.81. The molecule has 0 aromatic carbocycles. The Labute approximate surface area is 120 Å². The van der Waals surface area contributed by atoms with E-state index in [4.69, 9.17) is 0 Å². The van der Waals surface area contributed by atoms with Crippen molar-refractivity contribution in [2.75, 3.05) is 6.54 Å². The van der Waals surface area contributed by atoms with Crippen molar-refractivity contribution in [3.63, 3.8) is 0 Å². The normalized spacial score (nSPS) is 14.2. The molecule has 0 fully saturated rings. The van der Waals surface area contributed by atoms with Crippen LogP contribution < -0.4 is 0 Å². The molecule has 4 heteroatoms. The fourth-order valence-corrected chi connectivity index (χ4v) is 2.49. The van der Waals surface area contributed by atoms with Gasteiger partial charge in [0, 0.05) is 17.5 Å². The van der Waals surface area contributed by atoms with Gasteiger partial charge >= 0.3 is 0 Å². The third-order valence-corrected chi connectivity index (χ3v) is 3.40. The molecular weight excluding hydrogens is 302 g/mol. The molecule has 0 spiro atoms. The van der Waals surface area contributed by atoms with E-state index in [1.807, 2.05) is 37.3 Å². The highest BCUT2D eigenvalue weighted by Crippen LogP contribution is 2.25. The number of rotatable bonds is 2. The molecule has 19 heavy (non-hydrogen) atoms. The molecule has 0 unspecified atom stereocenters. The first-order valence-corrected chi connectivity index (χ1v) is 6.84. The lowest BCUT2D eigenvalue weighted by Crippen LogP contribution is -2.05. The van der Waals surface area contributed by atoms with Crippen molar-refractivity contribution >= 4 is 27.2 Å².